The maximum Gasteiger partial charge on any atom is 0.417 e. The van der Waals surface area contributed by atoms with Crippen LogP contribution in [0.3, 0.4) is 0 Å². The Labute approximate surface area is 208 Å². The minimum Gasteiger partial charge on any atom is -0.347 e. The Morgan fingerprint density at radius 2 is 2.03 bits per heavy atom. The fraction of sp³-hybridized carbons (Fsp3) is 0.333. The van der Waals surface area contributed by atoms with Crippen LogP contribution >= 0.6 is 46.9 Å². The Balaban J connectivity index is 0.00000306. The first kappa shape index (κ1) is 25.8. The van der Waals surface area contributed by atoms with Gasteiger partial charge in [0.25, 0.3) is 5.91 Å². The summed E-state index contributed by atoms with van der Waals surface area (Å²) in [5.74, 6) is -0.562. The van der Waals surface area contributed by atoms with Gasteiger partial charge in [0.15, 0.2) is 0 Å². The summed E-state index contributed by atoms with van der Waals surface area (Å²) in [4.78, 5) is 13.4. The first-order valence-corrected chi connectivity index (χ1v) is 11.4. The SMILES string of the molecule is Cl.Cn1ncc(Cl)c1-c1csc(C(=O)N[C@@H]2CNCC[C@H]2c2ccc(Cl)c(C(F)(F)F)c2)c1. The molecule has 0 radical (unpaired) electrons. The lowest BCUT2D eigenvalue weighted by molar-refractivity contribution is -0.137. The lowest BCUT2D eigenvalue weighted by Crippen LogP contribution is -2.49. The van der Waals surface area contributed by atoms with Gasteiger partial charge in [-0.3, -0.25) is 9.48 Å². The maximum absolute atomic E-state index is 13.3. The minimum absolute atomic E-state index is 0. The van der Waals surface area contributed by atoms with E-state index in [1.54, 1.807) is 23.9 Å². The molecule has 2 aromatic heterocycles. The van der Waals surface area contributed by atoms with E-state index in [0.29, 0.717) is 40.7 Å². The second kappa shape index (κ2) is 10.2. The molecule has 1 saturated heterocycles. The predicted molar refractivity (Wildman–Crippen MR) is 127 cm³/mol. The Hall–Kier alpha value is -1.78. The fourth-order valence-corrected chi connectivity index (χ4v) is 5.25. The maximum atomic E-state index is 13.3. The highest BCUT2D eigenvalue weighted by Crippen LogP contribution is 2.38. The van der Waals surface area contributed by atoms with Crippen LogP contribution in [-0.2, 0) is 13.2 Å². The first-order valence-electron chi connectivity index (χ1n) is 9.79. The molecule has 0 bridgehead atoms. The Bertz CT molecular complexity index is 1130. The highest BCUT2D eigenvalue weighted by atomic mass is 35.5. The zero-order valence-corrected chi connectivity index (χ0v) is 20.4. The second-order valence-electron chi connectivity index (χ2n) is 7.58. The number of piperidine rings is 1. The molecule has 33 heavy (non-hydrogen) atoms. The Morgan fingerprint density at radius 3 is 2.70 bits per heavy atom. The molecule has 0 saturated carbocycles. The quantitative estimate of drug-likeness (QED) is 0.442. The number of benzene rings is 1. The van der Waals surface area contributed by atoms with E-state index in [1.165, 1.54) is 23.6 Å². The number of hydrogen-bond donors (Lipinski definition) is 2. The monoisotopic (exact) mass is 538 g/mol. The van der Waals surface area contributed by atoms with Crippen molar-refractivity contribution >= 4 is 52.9 Å². The van der Waals surface area contributed by atoms with Crippen molar-refractivity contribution in [3.05, 3.63) is 61.9 Å². The van der Waals surface area contributed by atoms with Gasteiger partial charge in [-0.2, -0.15) is 18.3 Å². The summed E-state index contributed by atoms with van der Waals surface area (Å²) in [6.07, 6.45) is -2.42. The fourth-order valence-electron chi connectivity index (χ4n) is 3.95. The van der Waals surface area contributed by atoms with E-state index >= 15 is 0 Å². The van der Waals surface area contributed by atoms with Crippen LogP contribution in [0.1, 0.15) is 33.1 Å². The molecule has 0 unspecified atom stereocenters. The highest BCUT2D eigenvalue weighted by molar-refractivity contribution is 7.12. The third kappa shape index (κ3) is 5.49. The number of carbonyl (C=O) groups excluding carboxylic acids is 1. The van der Waals surface area contributed by atoms with Crippen molar-refractivity contribution in [1.29, 1.82) is 0 Å². The van der Waals surface area contributed by atoms with Gasteiger partial charge in [0, 0.05) is 36.5 Å². The van der Waals surface area contributed by atoms with Crippen LogP contribution in [0.15, 0.2) is 35.8 Å². The molecule has 1 aliphatic rings. The molecule has 4 rings (SSSR count). The molecule has 5 nitrogen and oxygen atoms in total. The van der Waals surface area contributed by atoms with Gasteiger partial charge in [-0.1, -0.05) is 29.3 Å². The zero-order valence-electron chi connectivity index (χ0n) is 17.2. The van der Waals surface area contributed by atoms with Crippen molar-refractivity contribution in [3.8, 4) is 11.3 Å². The van der Waals surface area contributed by atoms with E-state index in [2.05, 4.69) is 15.7 Å². The topological polar surface area (TPSA) is 59.0 Å². The van der Waals surface area contributed by atoms with Crippen LogP contribution in [-0.4, -0.2) is 34.8 Å². The summed E-state index contributed by atoms with van der Waals surface area (Å²) in [5.41, 5.74) is 1.12. The van der Waals surface area contributed by atoms with Gasteiger partial charge in [-0.15, -0.1) is 23.7 Å². The number of aromatic nitrogens is 2. The number of hydrogen-bond acceptors (Lipinski definition) is 4. The van der Waals surface area contributed by atoms with Crippen LogP contribution in [0.5, 0.6) is 0 Å². The summed E-state index contributed by atoms with van der Waals surface area (Å²) in [6, 6.07) is 5.32. The number of nitrogens with zero attached hydrogens (tertiary/aromatic N) is 2. The summed E-state index contributed by atoms with van der Waals surface area (Å²) >= 11 is 13.2. The van der Waals surface area contributed by atoms with Crippen LogP contribution in [0.2, 0.25) is 10.0 Å². The van der Waals surface area contributed by atoms with Crippen molar-refractivity contribution in [2.24, 2.45) is 7.05 Å². The summed E-state index contributed by atoms with van der Waals surface area (Å²) in [6.45, 7) is 1.09. The number of carbonyl (C=O) groups is 1. The van der Waals surface area contributed by atoms with Gasteiger partial charge in [0.1, 0.15) is 0 Å². The smallest absolute Gasteiger partial charge is 0.347 e. The third-order valence-corrected chi connectivity index (χ3v) is 7.05. The number of thiophene rings is 1. The lowest BCUT2D eigenvalue weighted by Gasteiger charge is -2.33. The van der Waals surface area contributed by atoms with Crippen molar-refractivity contribution in [2.75, 3.05) is 13.1 Å². The molecule has 2 N–H and O–H groups in total. The highest BCUT2D eigenvalue weighted by Gasteiger charge is 2.35. The van der Waals surface area contributed by atoms with Crippen molar-refractivity contribution in [3.63, 3.8) is 0 Å². The molecule has 178 valence electrons. The zero-order chi connectivity index (χ0) is 23.0. The summed E-state index contributed by atoms with van der Waals surface area (Å²) in [5, 5.41) is 12.3. The lowest BCUT2D eigenvalue weighted by atomic mass is 9.85. The number of nitrogens with one attached hydrogen (secondary N) is 2. The Kier molecular flexibility index (Phi) is 8.01. The van der Waals surface area contributed by atoms with Gasteiger partial charge in [-0.25, -0.2) is 0 Å². The van der Waals surface area contributed by atoms with Gasteiger partial charge < -0.3 is 10.6 Å². The Morgan fingerprint density at radius 1 is 1.27 bits per heavy atom. The van der Waals surface area contributed by atoms with Crippen LogP contribution in [0, 0.1) is 0 Å². The molecule has 1 aromatic carbocycles. The largest absolute Gasteiger partial charge is 0.417 e. The number of halogens is 6. The third-order valence-electron chi connectivity index (χ3n) is 5.51. The molecule has 1 aliphatic heterocycles. The minimum atomic E-state index is -4.54. The van der Waals surface area contributed by atoms with E-state index in [4.69, 9.17) is 23.2 Å². The van der Waals surface area contributed by atoms with Gasteiger partial charge >= 0.3 is 6.18 Å². The van der Waals surface area contributed by atoms with Gasteiger partial charge in [0.2, 0.25) is 0 Å². The number of rotatable bonds is 4. The average molecular weight is 540 g/mol. The molecular formula is C21H20Cl3F3N4OS. The van der Waals surface area contributed by atoms with Gasteiger partial charge in [0.05, 0.1) is 32.4 Å². The van der Waals surface area contributed by atoms with E-state index < -0.39 is 11.7 Å². The van der Waals surface area contributed by atoms with Crippen molar-refractivity contribution in [2.45, 2.75) is 24.6 Å². The standard InChI is InChI=1S/C21H19Cl2F3N4OS.ClH/c1-30-19(16(23)8-28-30)12-7-18(32-10-12)20(31)29-17-9-27-5-4-13(17)11-2-3-15(22)14(6-11)21(24,25)26;/h2-3,6-8,10,13,17,27H,4-5,9H2,1H3,(H,29,31);1H/t13-,17+;/m0./s1. The van der Waals surface area contributed by atoms with E-state index in [0.717, 1.165) is 11.6 Å². The predicted octanol–water partition coefficient (Wildman–Crippen LogP) is 5.77. The number of alkyl halides is 3. The first-order chi connectivity index (χ1) is 15.1. The summed E-state index contributed by atoms with van der Waals surface area (Å²) < 4.78 is 41.6. The molecular weight excluding hydrogens is 520 g/mol. The van der Waals surface area contributed by atoms with Gasteiger partial charge in [-0.05, 0) is 36.7 Å². The van der Waals surface area contributed by atoms with Crippen molar-refractivity contribution in [1.82, 2.24) is 20.4 Å². The molecule has 1 fully saturated rings. The molecule has 3 heterocycles. The molecule has 0 spiro atoms. The van der Waals surface area contributed by atoms with E-state index in [-0.39, 0.29) is 35.3 Å². The molecule has 0 aliphatic carbocycles. The average Bonchev–Trinajstić information content (AvgIpc) is 3.34. The number of amides is 1. The summed E-state index contributed by atoms with van der Waals surface area (Å²) in [7, 11) is 1.76. The molecule has 1 amide bonds. The second-order valence-corrected chi connectivity index (χ2v) is 9.31. The van der Waals surface area contributed by atoms with Crippen LogP contribution in [0.4, 0.5) is 13.2 Å². The van der Waals surface area contributed by atoms with Crippen molar-refractivity contribution < 1.29 is 18.0 Å². The van der Waals surface area contributed by atoms with E-state index in [9.17, 15) is 18.0 Å². The molecule has 2 atom stereocenters. The van der Waals surface area contributed by atoms with E-state index in [1.807, 2.05) is 5.38 Å². The normalized spacial score (nSPS) is 18.6. The van der Waals surface area contributed by atoms with Crippen LogP contribution < -0.4 is 10.6 Å². The van der Waals surface area contributed by atoms with Crippen LogP contribution in [0.25, 0.3) is 11.3 Å². The molecule has 12 heteroatoms. The molecule has 3 aromatic rings. The number of aryl methyl sites for hydroxylation is 1.